The number of rotatable bonds is 11. The smallest absolute Gasteiger partial charge is 0.0721 e. The Morgan fingerprint density at radius 1 is 1.15 bits per heavy atom. The first-order valence-electron chi connectivity index (χ1n) is 10.9. The van der Waals surface area contributed by atoms with E-state index in [0.717, 1.165) is 25.7 Å². The van der Waals surface area contributed by atoms with Crippen LogP contribution in [0.25, 0.3) is 0 Å². The second-order valence-electron chi connectivity index (χ2n) is 8.82. The van der Waals surface area contributed by atoms with Crippen molar-refractivity contribution < 1.29 is 10.2 Å². The minimum Gasteiger partial charge on any atom is -0.392 e. The van der Waals surface area contributed by atoms with Crippen molar-refractivity contribution >= 4 is 0 Å². The van der Waals surface area contributed by atoms with Crippen LogP contribution >= 0.6 is 0 Å². The number of aliphatic hydroxyl groups is 2. The Balaban J connectivity index is 1.78. The molecule has 0 amide bonds. The van der Waals surface area contributed by atoms with Crippen LogP contribution < -0.4 is 0 Å². The van der Waals surface area contributed by atoms with E-state index >= 15 is 0 Å². The zero-order valence-electron chi connectivity index (χ0n) is 17.2. The highest BCUT2D eigenvalue weighted by Crippen LogP contribution is 2.50. The first-order valence-corrected chi connectivity index (χ1v) is 10.9. The molecule has 0 radical (unpaired) electrons. The van der Waals surface area contributed by atoms with Crippen LogP contribution in [0.2, 0.25) is 0 Å². The first-order chi connectivity index (χ1) is 12.5. The fraction of sp³-hybridized carbons (Fsp3) is 0.826. The second kappa shape index (κ2) is 11.3. The maximum atomic E-state index is 10.4. The van der Waals surface area contributed by atoms with Crippen LogP contribution in [0.3, 0.4) is 0 Å². The fourth-order valence-electron chi connectivity index (χ4n) is 4.77. The van der Waals surface area contributed by atoms with Gasteiger partial charge >= 0.3 is 0 Å². The number of unbranched alkanes of at least 4 members (excludes halogenated alkanes) is 4. The fourth-order valence-corrected chi connectivity index (χ4v) is 4.77. The Hall–Kier alpha value is -0.640. The number of hydrogen-bond acceptors (Lipinski definition) is 3. The van der Waals surface area contributed by atoms with Gasteiger partial charge in [-0.15, -0.1) is 0 Å². The first kappa shape index (κ1) is 21.7. The number of fused-ring (bicyclic) bond motifs is 1. The number of hydrogen-bond donors (Lipinski definition) is 2. The zero-order valence-corrected chi connectivity index (χ0v) is 17.2. The number of nitrogens with zero attached hydrogens (tertiary/aromatic N) is 1. The van der Waals surface area contributed by atoms with Crippen LogP contribution in [0.4, 0.5) is 0 Å². The molecule has 2 fully saturated rings. The van der Waals surface area contributed by atoms with Crippen molar-refractivity contribution in [2.24, 2.45) is 17.8 Å². The summed E-state index contributed by atoms with van der Waals surface area (Å²) in [6, 6.07) is 0. The molecule has 0 aliphatic heterocycles. The predicted octanol–water partition coefficient (Wildman–Crippen LogP) is 4.55. The second-order valence-corrected chi connectivity index (χ2v) is 8.82. The van der Waals surface area contributed by atoms with Gasteiger partial charge in [0, 0.05) is 5.92 Å². The van der Waals surface area contributed by atoms with Gasteiger partial charge in [-0.2, -0.15) is 0 Å². The summed E-state index contributed by atoms with van der Waals surface area (Å²) in [7, 11) is 4.27. The molecule has 0 spiro atoms. The van der Waals surface area contributed by atoms with E-state index in [1.165, 1.54) is 45.1 Å². The van der Waals surface area contributed by atoms with Crippen LogP contribution in [0.15, 0.2) is 23.8 Å². The molecule has 1 unspecified atom stereocenters. The largest absolute Gasteiger partial charge is 0.392 e. The van der Waals surface area contributed by atoms with E-state index in [9.17, 15) is 10.2 Å². The Morgan fingerprint density at radius 2 is 1.96 bits per heavy atom. The number of allylic oxidation sites excluding steroid dienone is 2. The Labute approximate surface area is 161 Å². The highest BCUT2D eigenvalue weighted by atomic mass is 16.3. The van der Waals surface area contributed by atoms with Crippen molar-refractivity contribution in [2.45, 2.75) is 83.3 Å². The molecule has 3 heteroatoms. The van der Waals surface area contributed by atoms with E-state index in [1.807, 2.05) is 6.08 Å². The van der Waals surface area contributed by atoms with Crippen molar-refractivity contribution in [1.29, 1.82) is 0 Å². The van der Waals surface area contributed by atoms with Crippen LogP contribution in [0.1, 0.15) is 71.1 Å². The van der Waals surface area contributed by atoms with Crippen LogP contribution in [0, 0.1) is 17.8 Å². The van der Waals surface area contributed by atoms with E-state index in [-0.39, 0.29) is 18.1 Å². The summed E-state index contributed by atoms with van der Waals surface area (Å²) in [6.07, 6.45) is 17.3. The van der Waals surface area contributed by atoms with Gasteiger partial charge in [0.2, 0.25) is 0 Å². The quantitative estimate of drug-likeness (QED) is 0.418. The summed E-state index contributed by atoms with van der Waals surface area (Å²) in [6.45, 7) is 3.36. The average Bonchev–Trinajstić information content (AvgIpc) is 3.09. The summed E-state index contributed by atoms with van der Waals surface area (Å²) in [5.74, 6) is 1.46. The normalized spacial score (nSPS) is 31.4. The van der Waals surface area contributed by atoms with Crippen LogP contribution in [-0.2, 0) is 0 Å². The standard InChI is InChI=1S/C23H41NO2/c1-4-5-7-11-20(25)12-13-21-22-16-18(15-19(22)17-23(21)26)10-8-6-9-14-24(2)3/h10,12-13,19-23,25-26H,4-9,11,14-17H2,1-3H3/b13-12+,18-10+/t19?,20-,21+,22-,23+/m0/s1. The molecule has 0 saturated heterocycles. The third kappa shape index (κ3) is 6.83. The summed E-state index contributed by atoms with van der Waals surface area (Å²) >= 11 is 0. The summed E-state index contributed by atoms with van der Waals surface area (Å²) in [5.41, 5.74) is 1.61. The topological polar surface area (TPSA) is 43.7 Å². The van der Waals surface area contributed by atoms with Gasteiger partial charge in [-0.05, 0) is 77.4 Å². The lowest BCUT2D eigenvalue weighted by Crippen LogP contribution is -2.17. The molecular formula is C23H41NO2. The molecule has 5 atom stereocenters. The molecule has 150 valence electrons. The van der Waals surface area contributed by atoms with Gasteiger partial charge in [-0.25, -0.2) is 0 Å². The highest BCUT2D eigenvalue weighted by molar-refractivity contribution is 5.17. The molecule has 3 nitrogen and oxygen atoms in total. The summed E-state index contributed by atoms with van der Waals surface area (Å²) < 4.78 is 0. The van der Waals surface area contributed by atoms with E-state index in [1.54, 1.807) is 5.57 Å². The molecule has 26 heavy (non-hydrogen) atoms. The third-order valence-corrected chi connectivity index (χ3v) is 6.26. The Morgan fingerprint density at radius 3 is 2.69 bits per heavy atom. The summed E-state index contributed by atoms with van der Waals surface area (Å²) in [5, 5.41) is 20.6. The molecule has 0 aromatic rings. The lowest BCUT2D eigenvalue weighted by Gasteiger charge is -2.17. The Kier molecular flexibility index (Phi) is 9.38. The molecule has 0 heterocycles. The highest BCUT2D eigenvalue weighted by Gasteiger charge is 2.44. The zero-order chi connectivity index (χ0) is 18.9. The molecular weight excluding hydrogens is 322 g/mol. The van der Waals surface area contributed by atoms with Crippen molar-refractivity contribution in [1.82, 2.24) is 4.90 Å². The minimum absolute atomic E-state index is 0.217. The lowest BCUT2D eigenvalue weighted by atomic mass is 9.90. The molecule has 2 aliphatic rings. The van der Waals surface area contributed by atoms with Crippen LogP contribution in [-0.4, -0.2) is 48.0 Å². The summed E-state index contributed by atoms with van der Waals surface area (Å²) in [4.78, 5) is 2.25. The van der Waals surface area contributed by atoms with Gasteiger partial charge in [0.25, 0.3) is 0 Å². The number of aliphatic hydroxyl groups excluding tert-OH is 2. The van der Waals surface area contributed by atoms with E-state index in [4.69, 9.17) is 0 Å². The molecule has 2 rings (SSSR count). The molecule has 2 saturated carbocycles. The van der Waals surface area contributed by atoms with Gasteiger partial charge < -0.3 is 15.1 Å². The van der Waals surface area contributed by atoms with Crippen molar-refractivity contribution in [3.05, 3.63) is 23.8 Å². The van der Waals surface area contributed by atoms with Gasteiger partial charge in [0.1, 0.15) is 0 Å². The SMILES string of the molecule is CCCCC[C@H](O)/C=C/[C@H]1[C@H](O)CC2C/C(=C\CCCCN(C)C)C[C@@H]21. The monoisotopic (exact) mass is 363 g/mol. The Bertz CT molecular complexity index is 457. The molecule has 0 aromatic carbocycles. The van der Waals surface area contributed by atoms with E-state index in [2.05, 4.69) is 38.1 Å². The minimum atomic E-state index is -0.346. The molecule has 2 N–H and O–H groups in total. The van der Waals surface area contributed by atoms with E-state index in [0.29, 0.717) is 11.8 Å². The van der Waals surface area contributed by atoms with Crippen molar-refractivity contribution in [2.75, 3.05) is 20.6 Å². The van der Waals surface area contributed by atoms with E-state index < -0.39 is 0 Å². The third-order valence-electron chi connectivity index (χ3n) is 6.26. The maximum Gasteiger partial charge on any atom is 0.0721 e. The van der Waals surface area contributed by atoms with Gasteiger partial charge in [0.15, 0.2) is 0 Å². The average molecular weight is 364 g/mol. The van der Waals surface area contributed by atoms with Crippen molar-refractivity contribution in [3.8, 4) is 0 Å². The van der Waals surface area contributed by atoms with Gasteiger partial charge in [0.05, 0.1) is 12.2 Å². The molecule has 0 bridgehead atoms. The van der Waals surface area contributed by atoms with Crippen molar-refractivity contribution in [3.63, 3.8) is 0 Å². The molecule has 2 aliphatic carbocycles. The lowest BCUT2D eigenvalue weighted by molar-refractivity contribution is 0.139. The maximum absolute atomic E-state index is 10.4. The van der Waals surface area contributed by atoms with Gasteiger partial charge in [-0.1, -0.05) is 50.0 Å². The predicted molar refractivity (Wildman–Crippen MR) is 110 cm³/mol. The molecule has 0 aromatic heterocycles. The van der Waals surface area contributed by atoms with Gasteiger partial charge in [-0.3, -0.25) is 0 Å². The van der Waals surface area contributed by atoms with Crippen LogP contribution in [0.5, 0.6) is 0 Å².